The van der Waals surface area contributed by atoms with Gasteiger partial charge in [0.1, 0.15) is 12.2 Å². The van der Waals surface area contributed by atoms with Crippen LogP contribution >= 0.6 is 0 Å². The molecule has 82 valence electrons. The Balaban J connectivity index is 4.52. The molecule has 0 aliphatic heterocycles. The lowest BCUT2D eigenvalue weighted by atomic mass is 9.75. The monoisotopic (exact) mass is 200 g/mol. The summed E-state index contributed by atoms with van der Waals surface area (Å²) in [4.78, 5) is 22.8. The van der Waals surface area contributed by atoms with Crippen LogP contribution in [0.4, 0.5) is 0 Å². The second-order valence-corrected chi connectivity index (χ2v) is 3.52. The maximum atomic E-state index is 11.8. The standard InChI is InChI=1S/C11H20O3/c1-5-11(6-2,7-3)9(12)8-10(13)14-4/h5-8H2,1-4H3. The highest BCUT2D eigenvalue weighted by atomic mass is 16.5. The summed E-state index contributed by atoms with van der Waals surface area (Å²) >= 11 is 0. The van der Waals surface area contributed by atoms with Crippen molar-refractivity contribution in [2.45, 2.75) is 46.5 Å². The summed E-state index contributed by atoms with van der Waals surface area (Å²) in [5.41, 5.74) is -0.325. The first-order valence-corrected chi connectivity index (χ1v) is 5.16. The molecule has 0 aromatic rings. The van der Waals surface area contributed by atoms with Crippen LogP contribution in [0, 0.1) is 5.41 Å². The summed E-state index contributed by atoms with van der Waals surface area (Å²) in [5, 5.41) is 0. The number of methoxy groups -OCH3 is 1. The topological polar surface area (TPSA) is 43.4 Å². The lowest BCUT2D eigenvalue weighted by Gasteiger charge is -2.28. The van der Waals surface area contributed by atoms with E-state index < -0.39 is 5.97 Å². The summed E-state index contributed by atoms with van der Waals surface area (Å²) in [5.74, 6) is -0.424. The minimum absolute atomic E-state index is 0.0110. The molecule has 0 unspecified atom stereocenters. The molecule has 0 spiro atoms. The Morgan fingerprint density at radius 1 is 1.07 bits per heavy atom. The van der Waals surface area contributed by atoms with Gasteiger partial charge in [-0.25, -0.2) is 0 Å². The highest BCUT2D eigenvalue weighted by molar-refractivity contribution is 5.98. The summed E-state index contributed by atoms with van der Waals surface area (Å²) < 4.78 is 4.49. The molecule has 0 fully saturated rings. The predicted molar refractivity (Wildman–Crippen MR) is 54.9 cm³/mol. The molecule has 0 aromatic carbocycles. The van der Waals surface area contributed by atoms with E-state index >= 15 is 0 Å². The van der Waals surface area contributed by atoms with E-state index in [0.717, 1.165) is 19.3 Å². The second kappa shape index (κ2) is 5.78. The number of rotatable bonds is 6. The van der Waals surface area contributed by atoms with Gasteiger partial charge in [0.15, 0.2) is 0 Å². The van der Waals surface area contributed by atoms with Crippen molar-refractivity contribution in [1.82, 2.24) is 0 Å². The van der Waals surface area contributed by atoms with Crippen LogP contribution in [-0.2, 0) is 14.3 Å². The Bertz CT molecular complexity index is 196. The van der Waals surface area contributed by atoms with Crippen LogP contribution < -0.4 is 0 Å². The molecular formula is C11H20O3. The molecule has 3 heteroatoms. The van der Waals surface area contributed by atoms with Gasteiger partial charge in [-0.1, -0.05) is 20.8 Å². The number of carbonyl (C=O) groups excluding carboxylic acids is 2. The van der Waals surface area contributed by atoms with Gasteiger partial charge in [0.2, 0.25) is 0 Å². The molecule has 0 N–H and O–H groups in total. The Kier molecular flexibility index (Phi) is 5.43. The number of hydrogen-bond donors (Lipinski definition) is 0. The number of ketones is 1. The van der Waals surface area contributed by atoms with Crippen molar-refractivity contribution < 1.29 is 14.3 Å². The number of Topliss-reactive ketones (excluding diaryl/α,β-unsaturated/α-hetero) is 1. The molecule has 0 saturated carbocycles. The molecule has 0 bridgehead atoms. The smallest absolute Gasteiger partial charge is 0.313 e. The van der Waals surface area contributed by atoms with Gasteiger partial charge >= 0.3 is 5.97 Å². The van der Waals surface area contributed by atoms with E-state index in [1.54, 1.807) is 0 Å². The van der Waals surface area contributed by atoms with Crippen molar-refractivity contribution in [3.8, 4) is 0 Å². The predicted octanol–water partition coefficient (Wildman–Crippen LogP) is 2.33. The zero-order valence-electron chi connectivity index (χ0n) is 9.55. The van der Waals surface area contributed by atoms with Crippen molar-refractivity contribution in [1.29, 1.82) is 0 Å². The van der Waals surface area contributed by atoms with Crippen molar-refractivity contribution in [3.63, 3.8) is 0 Å². The molecule has 0 rings (SSSR count). The van der Waals surface area contributed by atoms with E-state index in [-0.39, 0.29) is 17.6 Å². The number of ether oxygens (including phenoxy) is 1. The molecule has 14 heavy (non-hydrogen) atoms. The largest absolute Gasteiger partial charge is 0.469 e. The highest BCUT2D eigenvalue weighted by Crippen LogP contribution is 2.32. The van der Waals surface area contributed by atoms with Crippen molar-refractivity contribution in [2.24, 2.45) is 5.41 Å². The third-order valence-corrected chi connectivity index (χ3v) is 3.15. The van der Waals surface area contributed by atoms with E-state index in [1.807, 2.05) is 20.8 Å². The van der Waals surface area contributed by atoms with E-state index in [0.29, 0.717) is 0 Å². The van der Waals surface area contributed by atoms with Crippen molar-refractivity contribution >= 4 is 11.8 Å². The van der Waals surface area contributed by atoms with Crippen LogP contribution in [0.1, 0.15) is 46.5 Å². The maximum Gasteiger partial charge on any atom is 0.313 e. The molecule has 0 aliphatic rings. The zero-order valence-corrected chi connectivity index (χ0v) is 9.55. The molecule has 3 nitrogen and oxygen atoms in total. The number of esters is 1. The maximum absolute atomic E-state index is 11.8. The van der Waals surface area contributed by atoms with Crippen LogP contribution in [-0.4, -0.2) is 18.9 Å². The van der Waals surface area contributed by atoms with Gasteiger partial charge in [-0.2, -0.15) is 0 Å². The molecule has 0 aromatic heterocycles. The first-order valence-electron chi connectivity index (χ1n) is 5.16. The lowest BCUT2D eigenvalue weighted by Crippen LogP contribution is -2.31. The van der Waals surface area contributed by atoms with Gasteiger partial charge in [0.25, 0.3) is 0 Å². The van der Waals surface area contributed by atoms with Gasteiger partial charge in [-0.05, 0) is 19.3 Å². The number of carbonyl (C=O) groups is 2. The first-order chi connectivity index (χ1) is 6.56. The lowest BCUT2D eigenvalue weighted by molar-refractivity contribution is -0.146. The first kappa shape index (κ1) is 13.1. The average molecular weight is 200 g/mol. The molecule has 0 aliphatic carbocycles. The molecule has 0 atom stereocenters. The van der Waals surface area contributed by atoms with Gasteiger partial charge < -0.3 is 4.74 Å². The fourth-order valence-electron chi connectivity index (χ4n) is 1.73. The second-order valence-electron chi connectivity index (χ2n) is 3.52. The quantitative estimate of drug-likeness (QED) is 0.488. The fraction of sp³-hybridized carbons (Fsp3) is 0.818. The van der Waals surface area contributed by atoms with Crippen LogP contribution in [0.5, 0.6) is 0 Å². The van der Waals surface area contributed by atoms with Crippen LogP contribution in [0.25, 0.3) is 0 Å². The zero-order chi connectivity index (χ0) is 11.2. The Morgan fingerprint density at radius 2 is 1.50 bits per heavy atom. The van der Waals surface area contributed by atoms with E-state index in [9.17, 15) is 9.59 Å². The van der Waals surface area contributed by atoms with Crippen molar-refractivity contribution in [3.05, 3.63) is 0 Å². The Morgan fingerprint density at radius 3 is 1.79 bits per heavy atom. The van der Waals surface area contributed by atoms with E-state index in [1.165, 1.54) is 7.11 Å². The molecule has 0 amide bonds. The minimum atomic E-state index is -0.435. The third-order valence-electron chi connectivity index (χ3n) is 3.15. The summed E-state index contributed by atoms with van der Waals surface area (Å²) in [6, 6.07) is 0. The minimum Gasteiger partial charge on any atom is -0.469 e. The van der Waals surface area contributed by atoms with Crippen LogP contribution in [0.15, 0.2) is 0 Å². The van der Waals surface area contributed by atoms with Gasteiger partial charge in [-0.15, -0.1) is 0 Å². The molecular weight excluding hydrogens is 180 g/mol. The Hall–Kier alpha value is -0.860. The third kappa shape index (κ3) is 2.82. The molecule has 0 saturated heterocycles. The highest BCUT2D eigenvalue weighted by Gasteiger charge is 2.33. The fourth-order valence-corrected chi connectivity index (χ4v) is 1.73. The van der Waals surface area contributed by atoms with Gasteiger partial charge in [0, 0.05) is 5.41 Å². The van der Waals surface area contributed by atoms with Crippen molar-refractivity contribution in [2.75, 3.05) is 7.11 Å². The number of hydrogen-bond acceptors (Lipinski definition) is 3. The Labute approximate surface area is 85.8 Å². The SMILES string of the molecule is CCC(CC)(CC)C(=O)CC(=O)OC. The van der Waals surface area contributed by atoms with Gasteiger partial charge in [-0.3, -0.25) is 9.59 Å². The summed E-state index contributed by atoms with van der Waals surface area (Å²) in [7, 11) is 1.31. The van der Waals surface area contributed by atoms with Gasteiger partial charge in [0.05, 0.1) is 7.11 Å². The van der Waals surface area contributed by atoms with E-state index in [4.69, 9.17) is 0 Å². The normalized spacial score (nSPS) is 11.1. The average Bonchev–Trinajstić information content (AvgIpc) is 2.21. The summed E-state index contributed by atoms with van der Waals surface area (Å²) in [6.45, 7) is 5.96. The molecule has 0 radical (unpaired) electrons. The van der Waals surface area contributed by atoms with Crippen LogP contribution in [0.3, 0.4) is 0 Å². The van der Waals surface area contributed by atoms with E-state index in [2.05, 4.69) is 4.74 Å². The van der Waals surface area contributed by atoms with Crippen LogP contribution in [0.2, 0.25) is 0 Å². The summed E-state index contributed by atoms with van der Waals surface area (Å²) in [6.07, 6.45) is 2.27. The molecule has 0 heterocycles.